The molecule has 1 saturated heterocycles. The third-order valence-electron chi connectivity index (χ3n) is 5.14. The number of carbonyl (C=O) groups is 2. The fourth-order valence-corrected chi connectivity index (χ4v) is 3.82. The number of hydrogen-bond acceptors (Lipinski definition) is 4. The molecule has 1 fully saturated rings. The molecule has 0 atom stereocenters. The molecule has 0 spiro atoms. The van der Waals surface area contributed by atoms with Crippen LogP contribution in [0.15, 0.2) is 53.4 Å². The molecule has 1 heterocycles. The van der Waals surface area contributed by atoms with Crippen LogP contribution in [0.2, 0.25) is 0 Å². The fraction of sp³-hybridized carbons (Fsp3) is 0.333. The lowest BCUT2D eigenvalue weighted by atomic mass is 10.1. The number of rotatable bonds is 5. The Bertz CT molecular complexity index is 978. The first kappa shape index (κ1) is 21.0. The minimum atomic E-state index is -3.74. The Morgan fingerprint density at radius 1 is 0.862 bits per heavy atom. The highest BCUT2D eigenvalue weighted by Gasteiger charge is 2.25. The van der Waals surface area contributed by atoms with Crippen LogP contribution in [0, 0.1) is 0 Å². The maximum absolute atomic E-state index is 12.6. The first-order valence-corrected chi connectivity index (χ1v) is 11.1. The normalized spacial score (nSPS) is 14.7. The molecule has 0 unspecified atom stereocenters. The molecule has 2 aromatic carbocycles. The topological polar surface area (TPSA) is 101 Å². The van der Waals surface area contributed by atoms with Crippen LogP contribution in [0.3, 0.4) is 0 Å². The molecule has 8 heteroatoms. The standard InChI is InChI=1S/C21H25N3O4S/c1-2-16-3-7-18(8-4-16)21(26)24-13-11-23(12-14-24)20(25)15-17-5-9-19(10-6-17)29(22,27)28/h3-10H,2,11-15H2,1H3,(H2,22,27,28). The van der Waals surface area contributed by atoms with E-state index in [-0.39, 0.29) is 23.1 Å². The van der Waals surface area contributed by atoms with Gasteiger partial charge in [-0.2, -0.15) is 0 Å². The van der Waals surface area contributed by atoms with E-state index in [0.717, 1.165) is 12.0 Å². The van der Waals surface area contributed by atoms with Crippen LogP contribution >= 0.6 is 0 Å². The summed E-state index contributed by atoms with van der Waals surface area (Å²) in [5.74, 6) is -0.0638. The molecular weight excluding hydrogens is 390 g/mol. The number of primary sulfonamides is 1. The second kappa shape index (κ2) is 8.75. The van der Waals surface area contributed by atoms with Crippen molar-refractivity contribution in [3.05, 3.63) is 65.2 Å². The summed E-state index contributed by atoms with van der Waals surface area (Å²) in [6.45, 7) is 4.01. The van der Waals surface area contributed by atoms with Gasteiger partial charge < -0.3 is 9.80 Å². The van der Waals surface area contributed by atoms with Crippen molar-refractivity contribution in [3.8, 4) is 0 Å². The van der Waals surface area contributed by atoms with Crippen molar-refractivity contribution in [1.82, 2.24) is 9.80 Å². The summed E-state index contributed by atoms with van der Waals surface area (Å²) < 4.78 is 22.6. The zero-order chi connectivity index (χ0) is 21.0. The molecule has 1 aliphatic rings. The largest absolute Gasteiger partial charge is 0.339 e. The SMILES string of the molecule is CCc1ccc(C(=O)N2CCN(C(=O)Cc3ccc(S(N)(=O)=O)cc3)CC2)cc1. The van der Waals surface area contributed by atoms with E-state index in [2.05, 4.69) is 6.92 Å². The summed E-state index contributed by atoms with van der Waals surface area (Å²) >= 11 is 0. The number of benzene rings is 2. The summed E-state index contributed by atoms with van der Waals surface area (Å²) in [5.41, 5.74) is 2.57. The average Bonchev–Trinajstić information content (AvgIpc) is 2.73. The Morgan fingerprint density at radius 2 is 1.38 bits per heavy atom. The summed E-state index contributed by atoms with van der Waals surface area (Å²) in [7, 11) is -3.74. The van der Waals surface area contributed by atoms with Crippen molar-refractivity contribution in [2.24, 2.45) is 5.14 Å². The number of amides is 2. The number of nitrogens with two attached hydrogens (primary N) is 1. The molecule has 2 N–H and O–H groups in total. The van der Waals surface area contributed by atoms with E-state index in [0.29, 0.717) is 31.7 Å². The minimum absolute atomic E-state index is 0.0154. The van der Waals surface area contributed by atoms with Crippen LogP contribution < -0.4 is 5.14 Å². The summed E-state index contributed by atoms with van der Waals surface area (Å²) in [6.07, 6.45) is 1.11. The maximum atomic E-state index is 12.6. The Balaban J connectivity index is 1.54. The lowest BCUT2D eigenvalue weighted by Crippen LogP contribution is -2.51. The molecule has 2 aromatic rings. The number of aryl methyl sites for hydroxylation is 1. The average molecular weight is 416 g/mol. The fourth-order valence-electron chi connectivity index (χ4n) is 3.31. The Morgan fingerprint density at radius 3 is 1.90 bits per heavy atom. The van der Waals surface area contributed by atoms with Gasteiger partial charge in [0.2, 0.25) is 15.9 Å². The molecule has 3 rings (SSSR count). The van der Waals surface area contributed by atoms with Gasteiger partial charge in [0.25, 0.3) is 5.91 Å². The number of sulfonamides is 1. The molecule has 1 aliphatic heterocycles. The molecule has 154 valence electrons. The minimum Gasteiger partial charge on any atom is -0.339 e. The molecule has 0 radical (unpaired) electrons. The number of carbonyl (C=O) groups excluding carboxylic acids is 2. The van der Waals surface area contributed by atoms with Crippen LogP contribution in [-0.4, -0.2) is 56.2 Å². The van der Waals surface area contributed by atoms with Crippen molar-refractivity contribution < 1.29 is 18.0 Å². The van der Waals surface area contributed by atoms with E-state index in [4.69, 9.17) is 5.14 Å². The summed E-state index contributed by atoms with van der Waals surface area (Å²) in [5, 5.41) is 5.08. The molecular formula is C21H25N3O4S. The van der Waals surface area contributed by atoms with Gasteiger partial charge in [0.05, 0.1) is 11.3 Å². The second-order valence-corrected chi connectivity index (χ2v) is 8.65. The van der Waals surface area contributed by atoms with Crippen LogP contribution in [0.4, 0.5) is 0 Å². The van der Waals surface area contributed by atoms with E-state index in [1.54, 1.807) is 21.9 Å². The zero-order valence-electron chi connectivity index (χ0n) is 16.4. The maximum Gasteiger partial charge on any atom is 0.253 e. The van der Waals surface area contributed by atoms with Gasteiger partial charge in [0.15, 0.2) is 0 Å². The quantitative estimate of drug-likeness (QED) is 0.798. The number of nitrogens with zero attached hydrogens (tertiary/aromatic N) is 2. The molecule has 29 heavy (non-hydrogen) atoms. The van der Waals surface area contributed by atoms with Gasteiger partial charge in [0, 0.05) is 31.7 Å². The lowest BCUT2D eigenvalue weighted by molar-refractivity contribution is -0.131. The van der Waals surface area contributed by atoms with Crippen LogP contribution in [0.5, 0.6) is 0 Å². The van der Waals surface area contributed by atoms with Gasteiger partial charge >= 0.3 is 0 Å². The van der Waals surface area contributed by atoms with E-state index < -0.39 is 10.0 Å². The highest BCUT2D eigenvalue weighted by Crippen LogP contribution is 2.13. The predicted molar refractivity (Wildman–Crippen MR) is 110 cm³/mol. The predicted octanol–water partition coefficient (Wildman–Crippen LogP) is 1.42. The molecule has 0 aliphatic carbocycles. The summed E-state index contributed by atoms with van der Waals surface area (Å²) in [6, 6.07) is 13.6. The van der Waals surface area contributed by atoms with Gasteiger partial charge in [0.1, 0.15) is 0 Å². The van der Waals surface area contributed by atoms with Crippen molar-refractivity contribution >= 4 is 21.8 Å². The number of hydrogen-bond donors (Lipinski definition) is 1. The van der Waals surface area contributed by atoms with Crippen molar-refractivity contribution in [1.29, 1.82) is 0 Å². The van der Waals surface area contributed by atoms with Gasteiger partial charge in [-0.1, -0.05) is 31.2 Å². The van der Waals surface area contributed by atoms with Crippen molar-refractivity contribution in [2.75, 3.05) is 26.2 Å². The smallest absolute Gasteiger partial charge is 0.253 e. The Kier molecular flexibility index (Phi) is 6.34. The monoisotopic (exact) mass is 415 g/mol. The first-order chi connectivity index (χ1) is 13.8. The number of piperazine rings is 1. The van der Waals surface area contributed by atoms with Gasteiger partial charge in [-0.3, -0.25) is 9.59 Å². The van der Waals surface area contributed by atoms with E-state index in [1.165, 1.54) is 17.7 Å². The summed E-state index contributed by atoms with van der Waals surface area (Å²) in [4.78, 5) is 28.7. The third-order valence-corrected chi connectivity index (χ3v) is 6.07. The van der Waals surface area contributed by atoms with Gasteiger partial charge in [-0.15, -0.1) is 0 Å². The van der Waals surface area contributed by atoms with Crippen molar-refractivity contribution in [2.45, 2.75) is 24.7 Å². The van der Waals surface area contributed by atoms with E-state index in [1.807, 2.05) is 24.3 Å². The van der Waals surface area contributed by atoms with Gasteiger partial charge in [-0.25, -0.2) is 13.6 Å². The van der Waals surface area contributed by atoms with Crippen molar-refractivity contribution in [3.63, 3.8) is 0 Å². The Hall–Kier alpha value is -2.71. The second-order valence-electron chi connectivity index (χ2n) is 7.09. The van der Waals surface area contributed by atoms with Crippen LogP contribution in [0.25, 0.3) is 0 Å². The Labute approximate surface area is 171 Å². The molecule has 0 aromatic heterocycles. The molecule has 2 amide bonds. The van der Waals surface area contributed by atoms with Crippen LogP contribution in [0.1, 0.15) is 28.4 Å². The van der Waals surface area contributed by atoms with E-state index in [9.17, 15) is 18.0 Å². The molecule has 0 bridgehead atoms. The third kappa shape index (κ3) is 5.21. The van der Waals surface area contributed by atoms with E-state index >= 15 is 0 Å². The zero-order valence-corrected chi connectivity index (χ0v) is 17.2. The van der Waals surface area contributed by atoms with Crippen LogP contribution in [-0.2, 0) is 27.7 Å². The highest BCUT2D eigenvalue weighted by molar-refractivity contribution is 7.89. The first-order valence-electron chi connectivity index (χ1n) is 9.55. The van der Waals surface area contributed by atoms with Gasteiger partial charge in [-0.05, 0) is 41.8 Å². The highest BCUT2D eigenvalue weighted by atomic mass is 32.2. The molecule has 7 nitrogen and oxygen atoms in total. The molecule has 0 saturated carbocycles. The lowest BCUT2D eigenvalue weighted by Gasteiger charge is -2.35.